The van der Waals surface area contributed by atoms with Gasteiger partial charge in [-0.05, 0) is 31.9 Å². The highest BCUT2D eigenvalue weighted by Gasteiger charge is 2.38. The van der Waals surface area contributed by atoms with Crippen molar-refractivity contribution in [2.24, 2.45) is 0 Å². The van der Waals surface area contributed by atoms with Crippen LogP contribution in [-0.2, 0) is 5.41 Å². The minimum absolute atomic E-state index is 0.132. The molecule has 0 radical (unpaired) electrons. The lowest BCUT2D eigenvalue weighted by Gasteiger charge is -2.31. The van der Waals surface area contributed by atoms with Crippen molar-refractivity contribution in [1.29, 1.82) is 0 Å². The van der Waals surface area contributed by atoms with Crippen LogP contribution >= 0.6 is 0 Å². The van der Waals surface area contributed by atoms with Gasteiger partial charge < -0.3 is 10.1 Å². The van der Waals surface area contributed by atoms with Crippen molar-refractivity contribution < 1.29 is 9.53 Å². The molecular weight excluding hydrogens is 382 g/mol. The molecule has 8 heteroatoms. The summed E-state index contributed by atoms with van der Waals surface area (Å²) in [5.41, 5.74) is 1.86. The molecule has 3 aromatic rings. The molecule has 0 spiro atoms. The number of rotatable bonds is 6. The van der Waals surface area contributed by atoms with E-state index in [0.717, 1.165) is 37.0 Å². The van der Waals surface area contributed by atoms with Crippen LogP contribution in [0.3, 0.4) is 0 Å². The average Bonchev–Trinajstić information content (AvgIpc) is 3.40. The van der Waals surface area contributed by atoms with Gasteiger partial charge in [0.05, 0.1) is 24.6 Å². The Morgan fingerprint density at radius 2 is 2.00 bits per heavy atom. The maximum atomic E-state index is 13.0. The number of carbonyl (C=O) groups excluding carboxylic acids is 1. The number of hydrogen-bond acceptors (Lipinski definition) is 5. The first-order valence-corrected chi connectivity index (χ1v) is 10.1. The Balaban J connectivity index is 1.55. The van der Waals surface area contributed by atoms with Gasteiger partial charge in [-0.2, -0.15) is 10.2 Å². The van der Waals surface area contributed by atoms with Gasteiger partial charge in [-0.3, -0.25) is 9.59 Å². The Morgan fingerprint density at radius 1 is 1.23 bits per heavy atom. The van der Waals surface area contributed by atoms with Crippen molar-refractivity contribution in [3.05, 3.63) is 69.8 Å². The zero-order chi connectivity index (χ0) is 21.1. The maximum Gasteiger partial charge on any atom is 0.264 e. The standard InChI is InChI=1S/C22H25N5O3/c1-15-16(13-24-27(15)19-9-10-20(28)26-25-19)21(29)23-14-22(11-5-6-12-22)17-7-3-4-8-18(17)30-2/h3-4,7-10,13H,5-6,11-12,14H2,1-2H3,(H,23,29)(H,26,28). The Bertz CT molecular complexity index is 1090. The van der Waals surface area contributed by atoms with E-state index in [0.29, 0.717) is 23.6 Å². The first-order valence-electron chi connectivity index (χ1n) is 10.1. The number of ether oxygens (including phenoxy) is 1. The van der Waals surface area contributed by atoms with Crippen LogP contribution in [0.25, 0.3) is 5.82 Å². The van der Waals surface area contributed by atoms with Crippen LogP contribution in [-0.4, -0.2) is 39.5 Å². The molecule has 2 aromatic heterocycles. The molecule has 1 aliphatic carbocycles. The van der Waals surface area contributed by atoms with Gasteiger partial charge in [0, 0.05) is 23.6 Å². The third-order valence-electron chi connectivity index (χ3n) is 5.96. The van der Waals surface area contributed by atoms with Crippen molar-refractivity contribution >= 4 is 5.91 Å². The third kappa shape index (κ3) is 3.60. The van der Waals surface area contributed by atoms with Gasteiger partial charge in [0.25, 0.3) is 11.5 Å². The average molecular weight is 407 g/mol. The van der Waals surface area contributed by atoms with Crippen LogP contribution in [0.2, 0.25) is 0 Å². The molecule has 0 unspecified atom stereocenters. The summed E-state index contributed by atoms with van der Waals surface area (Å²) in [4.78, 5) is 24.2. The summed E-state index contributed by atoms with van der Waals surface area (Å²) in [6, 6.07) is 11.0. The lowest BCUT2D eigenvalue weighted by Crippen LogP contribution is -2.39. The fourth-order valence-corrected chi connectivity index (χ4v) is 4.34. The molecule has 1 amide bonds. The van der Waals surface area contributed by atoms with E-state index in [1.165, 1.54) is 16.9 Å². The van der Waals surface area contributed by atoms with Crippen LogP contribution < -0.4 is 15.6 Å². The van der Waals surface area contributed by atoms with E-state index in [2.05, 4.69) is 26.7 Å². The summed E-state index contributed by atoms with van der Waals surface area (Å²) in [6.07, 6.45) is 5.80. The molecule has 2 heterocycles. The number of hydrogen-bond donors (Lipinski definition) is 2. The van der Waals surface area contributed by atoms with Crippen molar-refractivity contribution in [3.63, 3.8) is 0 Å². The van der Waals surface area contributed by atoms with Crippen molar-refractivity contribution in [1.82, 2.24) is 25.3 Å². The molecule has 156 valence electrons. The number of aromatic nitrogens is 4. The number of amides is 1. The summed E-state index contributed by atoms with van der Waals surface area (Å²) >= 11 is 0. The number of para-hydroxylation sites is 1. The Hall–Kier alpha value is -3.42. The second-order valence-electron chi connectivity index (χ2n) is 7.71. The molecular formula is C22H25N5O3. The van der Waals surface area contributed by atoms with Gasteiger partial charge in [-0.25, -0.2) is 9.78 Å². The normalized spacial score (nSPS) is 15.1. The highest BCUT2D eigenvalue weighted by atomic mass is 16.5. The smallest absolute Gasteiger partial charge is 0.264 e. The van der Waals surface area contributed by atoms with Gasteiger partial charge in [0.15, 0.2) is 5.82 Å². The van der Waals surface area contributed by atoms with Crippen LogP contribution in [0, 0.1) is 6.92 Å². The molecule has 1 saturated carbocycles. The minimum Gasteiger partial charge on any atom is -0.496 e. The van der Waals surface area contributed by atoms with E-state index in [4.69, 9.17) is 4.74 Å². The fourth-order valence-electron chi connectivity index (χ4n) is 4.34. The van der Waals surface area contributed by atoms with E-state index >= 15 is 0 Å². The molecule has 0 atom stereocenters. The summed E-state index contributed by atoms with van der Waals surface area (Å²) in [5, 5.41) is 13.8. The molecule has 0 bridgehead atoms. The largest absolute Gasteiger partial charge is 0.496 e. The maximum absolute atomic E-state index is 13.0. The van der Waals surface area contributed by atoms with E-state index < -0.39 is 0 Å². The molecule has 2 N–H and O–H groups in total. The first kappa shape index (κ1) is 19.9. The number of methoxy groups -OCH3 is 1. The molecule has 1 fully saturated rings. The Morgan fingerprint density at radius 3 is 2.70 bits per heavy atom. The minimum atomic E-state index is -0.292. The lowest BCUT2D eigenvalue weighted by atomic mass is 9.78. The second kappa shape index (κ2) is 8.14. The molecule has 0 saturated heterocycles. The zero-order valence-electron chi connectivity index (χ0n) is 17.1. The SMILES string of the molecule is COc1ccccc1C1(CNC(=O)c2cnn(-c3ccc(=O)[nH]n3)c2C)CCCC1. The zero-order valence-corrected chi connectivity index (χ0v) is 17.1. The van der Waals surface area contributed by atoms with Gasteiger partial charge in [0.1, 0.15) is 5.75 Å². The molecule has 1 aliphatic rings. The number of nitrogens with one attached hydrogen (secondary N) is 2. The monoisotopic (exact) mass is 407 g/mol. The number of carbonyl (C=O) groups is 1. The van der Waals surface area contributed by atoms with E-state index in [-0.39, 0.29) is 16.9 Å². The molecule has 8 nitrogen and oxygen atoms in total. The number of nitrogens with zero attached hydrogens (tertiary/aromatic N) is 3. The van der Waals surface area contributed by atoms with Crippen LogP contribution in [0.1, 0.15) is 47.3 Å². The molecule has 1 aromatic carbocycles. The number of aromatic amines is 1. The predicted octanol–water partition coefficient (Wildman–Crippen LogP) is 2.51. The quantitative estimate of drug-likeness (QED) is 0.654. The van der Waals surface area contributed by atoms with E-state index in [1.54, 1.807) is 20.1 Å². The van der Waals surface area contributed by atoms with E-state index in [9.17, 15) is 9.59 Å². The van der Waals surface area contributed by atoms with Crippen LogP contribution in [0.15, 0.2) is 47.4 Å². The summed E-state index contributed by atoms with van der Waals surface area (Å²) in [7, 11) is 1.68. The fraction of sp³-hybridized carbons (Fsp3) is 0.364. The highest BCUT2D eigenvalue weighted by Crippen LogP contribution is 2.44. The topological polar surface area (TPSA) is 102 Å². The first-order chi connectivity index (χ1) is 14.5. The molecule has 0 aliphatic heterocycles. The number of H-pyrrole nitrogens is 1. The Kier molecular flexibility index (Phi) is 5.39. The number of benzene rings is 1. The van der Waals surface area contributed by atoms with Gasteiger partial charge in [-0.15, -0.1) is 0 Å². The highest BCUT2D eigenvalue weighted by molar-refractivity contribution is 5.95. The summed E-state index contributed by atoms with van der Waals surface area (Å²) in [5.74, 6) is 1.14. The third-order valence-corrected chi connectivity index (χ3v) is 5.96. The van der Waals surface area contributed by atoms with Crippen molar-refractivity contribution in [3.8, 4) is 11.6 Å². The van der Waals surface area contributed by atoms with Crippen molar-refractivity contribution in [2.75, 3.05) is 13.7 Å². The van der Waals surface area contributed by atoms with Gasteiger partial charge >= 0.3 is 0 Å². The van der Waals surface area contributed by atoms with Gasteiger partial charge in [0.2, 0.25) is 0 Å². The van der Waals surface area contributed by atoms with Crippen molar-refractivity contribution in [2.45, 2.75) is 38.0 Å². The second-order valence-corrected chi connectivity index (χ2v) is 7.71. The molecule has 30 heavy (non-hydrogen) atoms. The van der Waals surface area contributed by atoms with Crippen LogP contribution in [0.5, 0.6) is 5.75 Å². The molecule has 4 rings (SSSR count). The lowest BCUT2D eigenvalue weighted by molar-refractivity contribution is 0.0942. The Labute approximate surface area is 174 Å². The van der Waals surface area contributed by atoms with Gasteiger partial charge in [-0.1, -0.05) is 31.0 Å². The summed E-state index contributed by atoms with van der Waals surface area (Å²) < 4.78 is 7.13. The van der Waals surface area contributed by atoms with Crippen LogP contribution in [0.4, 0.5) is 0 Å². The predicted molar refractivity (Wildman–Crippen MR) is 112 cm³/mol. The summed E-state index contributed by atoms with van der Waals surface area (Å²) in [6.45, 7) is 2.34. The van der Waals surface area contributed by atoms with E-state index in [1.807, 2.05) is 18.2 Å².